The quantitative estimate of drug-likeness (QED) is 0.717. The molecule has 3 aromatic rings. The number of carbonyl (C=O) groups is 1. The number of nitrogens with zero attached hydrogens (tertiary/aromatic N) is 4. The Morgan fingerprint density at radius 2 is 1.52 bits per heavy atom. The summed E-state index contributed by atoms with van der Waals surface area (Å²) in [6.07, 6.45) is 1.37. The van der Waals surface area contributed by atoms with Crippen molar-refractivity contribution in [3.63, 3.8) is 0 Å². The van der Waals surface area contributed by atoms with Gasteiger partial charge in [0.2, 0.25) is 5.91 Å². The third kappa shape index (κ3) is 3.92. The third-order valence-electron chi connectivity index (χ3n) is 5.12. The topological polar surface area (TPSA) is 49.3 Å². The maximum atomic E-state index is 12.5. The van der Waals surface area contributed by atoms with Crippen molar-refractivity contribution in [2.75, 3.05) is 31.1 Å². The molecule has 1 aliphatic rings. The van der Waals surface area contributed by atoms with Gasteiger partial charge in [0.05, 0.1) is 16.7 Å². The summed E-state index contributed by atoms with van der Waals surface area (Å²) in [6.45, 7) is 5.07. The molecule has 0 unspecified atom stereocenters. The van der Waals surface area contributed by atoms with Crippen LogP contribution in [0.2, 0.25) is 0 Å². The first-order chi connectivity index (χ1) is 13.2. The van der Waals surface area contributed by atoms with Gasteiger partial charge in [0.1, 0.15) is 0 Å². The molecule has 2 heterocycles. The molecule has 0 atom stereocenters. The molecule has 5 nitrogen and oxygen atoms in total. The van der Waals surface area contributed by atoms with Crippen LogP contribution >= 0.6 is 0 Å². The first kappa shape index (κ1) is 17.5. The van der Waals surface area contributed by atoms with Gasteiger partial charge >= 0.3 is 0 Å². The molecule has 1 amide bonds. The first-order valence-electron chi connectivity index (χ1n) is 9.51. The van der Waals surface area contributed by atoms with E-state index in [1.807, 2.05) is 54.3 Å². The van der Waals surface area contributed by atoms with Crippen LogP contribution in [0.15, 0.2) is 54.6 Å². The van der Waals surface area contributed by atoms with Crippen LogP contribution in [0.4, 0.5) is 5.82 Å². The Balaban J connectivity index is 1.37. The van der Waals surface area contributed by atoms with E-state index < -0.39 is 0 Å². The summed E-state index contributed by atoms with van der Waals surface area (Å²) < 4.78 is 0. The smallest absolute Gasteiger partial charge is 0.223 e. The van der Waals surface area contributed by atoms with Crippen LogP contribution in [-0.2, 0) is 11.2 Å². The highest BCUT2D eigenvalue weighted by atomic mass is 16.2. The van der Waals surface area contributed by atoms with E-state index in [0.717, 1.165) is 55.1 Å². The monoisotopic (exact) mass is 360 g/mol. The first-order valence-corrected chi connectivity index (χ1v) is 9.51. The Kier molecular flexibility index (Phi) is 5.01. The van der Waals surface area contributed by atoms with E-state index in [2.05, 4.69) is 22.0 Å². The van der Waals surface area contributed by atoms with Crippen LogP contribution < -0.4 is 4.90 Å². The number of benzene rings is 2. The Morgan fingerprint density at radius 3 is 2.22 bits per heavy atom. The molecule has 138 valence electrons. The molecular formula is C22H24N4O. The lowest BCUT2D eigenvalue weighted by atomic mass is 10.1. The van der Waals surface area contributed by atoms with Gasteiger partial charge in [0.15, 0.2) is 5.82 Å². The number of hydrogen-bond donors (Lipinski definition) is 0. The molecule has 4 rings (SSSR count). The molecule has 5 heteroatoms. The maximum absolute atomic E-state index is 12.5. The highest BCUT2D eigenvalue weighted by Gasteiger charge is 2.23. The average Bonchev–Trinajstić information content (AvgIpc) is 2.72. The molecule has 1 aromatic heterocycles. The van der Waals surface area contributed by atoms with E-state index in [4.69, 9.17) is 4.98 Å². The molecule has 0 radical (unpaired) electrons. The molecule has 1 saturated heterocycles. The fraction of sp³-hybridized carbons (Fsp3) is 0.318. The summed E-state index contributed by atoms with van der Waals surface area (Å²) in [4.78, 5) is 26.2. The molecule has 2 aromatic carbocycles. The zero-order chi connectivity index (χ0) is 18.6. The van der Waals surface area contributed by atoms with Crippen LogP contribution in [-0.4, -0.2) is 47.0 Å². The Bertz CT molecular complexity index is 933. The summed E-state index contributed by atoms with van der Waals surface area (Å²) in [5.74, 6) is 1.17. The van der Waals surface area contributed by atoms with E-state index in [9.17, 15) is 4.79 Å². The van der Waals surface area contributed by atoms with E-state index >= 15 is 0 Å². The van der Waals surface area contributed by atoms with Crippen LogP contribution in [0.25, 0.3) is 11.0 Å². The highest BCUT2D eigenvalue weighted by Crippen LogP contribution is 2.21. The Morgan fingerprint density at radius 1 is 0.889 bits per heavy atom. The SMILES string of the molecule is Cc1nc2ccccc2nc1N1CCN(C(=O)CCc2ccccc2)CC1. The van der Waals surface area contributed by atoms with Gasteiger partial charge in [-0.05, 0) is 31.0 Å². The second-order valence-corrected chi connectivity index (χ2v) is 6.97. The van der Waals surface area contributed by atoms with Crippen LogP contribution in [0, 0.1) is 6.92 Å². The number of fused-ring (bicyclic) bond motifs is 1. The summed E-state index contributed by atoms with van der Waals surface area (Å²) in [6, 6.07) is 18.1. The number of piperazine rings is 1. The number of rotatable bonds is 4. The number of amides is 1. The summed E-state index contributed by atoms with van der Waals surface area (Å²) in [7, 11) is 0. The molecule has 0 spiro atoms. The number of hydrogen-bond acceptors (Lipinski definition) is 4. The zero-order valence-electron chi connectivity index (χ0n) is 15.6. The van der Waals surface area contributed by atoms with Crippen molar-refractivity contribution < 1.29 is 4.79 Å². The predicted molar refractivity (Wildman–Crippen MR) is 108 cm³/mol. The lowest BCUT2D eigenvalue weighted by Gasteiger charge is -2.36. The zero-order valence-corrected chi connectivity index (χ0v) is 15.6. The number of aromatic nitrogens is 2. The van der Waals surface area contributed by atoms with Gasteiger partial charge in [0, 0.05) is 32.6 Å². The lowest BCUT2D eigenvalue weighted by molar-refractivity contribution is -0.131. The van der Waals surface area contributed by atoms with E-state index in [1.54, 1.807) is 0 Å². The fourth-order valence-electron chi connectivity index (χ4n) is 3.60. The molecule has 0 saturated carbocycles. The Hall–Kier alpha value is -2.95. The molecular weight excluding hydrogens is 336 g/mol. The van der Waals surface area contributed by atoms with Crippen molar-refractivity contribution >= 4 is 22.8 Å². The van der Waals surface area contributed by atoms with Crippen molar-refractivity contribution in [3.05, 3.63) is 65.9 Å². The highest BCUT2D eigenvalue weighted by molar-refractivity contribution is 5.78. The minimum atomic E-state index is 0.236. The normalized spacial score (nSPS) is 14.6. The number of anilines is 1. The molecule has 0 aliphatic carbocycles. The second-order valence-electron chi connectivity index (χ2n) is 6.97. The maximum Gasteiger partial charge on any atom is 0.223 e. The summed E-state index contributed by atoms with van der Waals surface area (Å²) >= 11 is 0. The molecule has 1 aliphatic heterocycles. The van der Waals surface area contributed by atoms with Gasteiger partial charge in [-0.15, -0.1) is 0 Å². The van der Waals surface area contributed by atoms with Crippen molar-refractivity contribution in [2.45, 2.75) is 19.8 Å². The molecule has 0 bridgehead atoms. The molecule has 27 heavy (non-hydrogen) atoms. The van der Waals surface area contributed by atoms with Crippen LogP contribution in [0.3, 0.4) is 0 Å². The van der Waals surface area contributed by atoms with Gasteiger partial charge in [-0.3, -0.25) is 4.79 Å². The third-order valence-corrected chi connectivity index (χ3v) is 5.12. The number of aryl methyl sites for hydroxylation is 2. The minimum Gasteiger partial charge on any atom is -0.352 e. The van der Waals surface area contributed by atoms with Gasteiger partial charge < -0.3 is 9.80 Å². The van der Waals surface area contributed by atoms with Gasteiger partial charge in [-0.2, -0.15) is 0 Å². The van der Waals surface area contributed by atoms with Crippen LogP contribution in [0.5, 0.6) is 0 Å². The van der Waals surface area contributed by atoms with Crippen molar-refractivity contribution in [1.29, 1.82) is 0 Å². The van der Waals surface area contributed by atoms with Gasteiger partial charge in [-0.25, -0.2) is 9.97 Å². The van der Waals surface area contributed by atoms with Crippen molar-refractivity contribution in [3.8, 4) is 0 Å². The fourth-order valence-corrected chi connectivity index (χ4v) is 3.60. The van der Waals surface area contributed by atoms with E-state index in [0.29, 0.717) is 6.42 Å². The van der Waals surface area contributed by atoms with Gasteiger partial charge in [-0.1, -0.05) is 42.5 Å². The predicted octanol–water partition coefficient (Wildman–Crippen LogP) is 3.22. The minimum absolute atomic E-state index is 0.236. The lowest BCUT2D eigenvalue weighted by Crippen LogP contribution is -2.49. The average molecular weight is 360 g/mol. The van der Waals surface area contributed by atoms with E-state index in [-0.39, 0.29) is 5.91 Å². The Labute approximate surface area is 159 Å². The number of para-hydroxylation sites is 2. The van der Waals surface area contributed by atoms with Crippen LogP contribution in [0.1, 0.15) is 17.7 Å². The van der Waals surface area contributed by atoms with Gasteiger partial charge in [0.25, 0.3) is 0 Å². The second kappa shape index (κ2) is 7.74. The molecule has 0 N–H and O–H groups in total. The molecule has 1 fully saturated rings. The van der Waals surface area contributed by atoms with E-state index in [1.165, 1.54) is 5.56 Å². The largest absolute Gasteiger partial charge is 0.352 e. The number of carbonyl (C=O) groups excluding carboxylic acids is 1. The van der Waals surface area contributed by atoms with Crippen molar-refractivity contribution in [1.82, 2.24) is 14.9 Å². The summed E-state index contributed by atoms with van der Waals surface area (Å²) in [5.41, 5.74) is 4.00. The van der Waals surface area contributed by atoms with Crippen molar-refractivity contribution in [2.24, 2.45) is 0 Å². The standard InChI is InChI=1S/C22H24N4O/c1-17-22(24-20-10-6-5-9-19(20)23-17)26-15-13-25(14-16-26)21(27)12-11-18-7-3-2-4-8-18/h2-10H,11-16H2,1H3. The summed E-state index contributed by atoms with van der Waals surface area (Å²) in [5, 5.41) is 0.